The van der Waals surface area contributed by atoms with Crippen molar-refractivity contribution in [2.24, 2.45) is 5.92 Å². The topological polar surface area (TPSA) is 46.9 Å². The minimum Gasteiger partial charge on any atom is -0.353 e. The van der Waals surface area contributed by atoms with E-state index in [1.807, 2.05) is 35.8 Å². The Morgan fingerprint density at radius 3 is 2.79 bits per heavy atom. The van der Waals surface area contributed by atoms with Crippen LogP contribution in [0.5, 0.6) is 0 Å². The number of amides is 1. The first-order valence-electron chi connectivity index (χ1n) is 6.77. The molecule has 0 saturated heterocycles. The Bertz CT molecular complexity index is 559. The maximum atomic E-state index is 11.8. The van der Waals surface area contributed by atoms with E-state index in [-0.39, 0.29) is 11.9 Å². The molecule has 2 rings (SSSR count). The van der Waals surface area contributed by atoms with Crippen molar-refractivity contribution < 1.29 is 4.79 Å². The number of hydrogen-bond acceptors (Lipinski definition) is 2. The summed E-state index contributed by atoms with van der Waals surface area (Å²) in [5, 5.41) is 3.02. The first-order chi connectivity index (χ1) is 9.08. The number of rotatable bonds is 5. The van der Waals surface area contributed by atoms with Crippen molar-refractivity contribution in [1.29, 1.82) is 0 Å². The van der Waals surface area contributed by atoms with Gasteiger partial charge < -0.3 is 9.88 Å². The summed E-state index contributed by atoms with van der Waals surface area (Å²) in [6.45, 7) is 6.91. The molecule has 2 aromatic rings. The molecule has 0 saturated carbocycles. The summed E-state index contributed by atoms with van der Waals surface area (Å²) in [6, 6.07) is 8.18. The highest BCUT2D eigenvalue weighted by atomic mass is 16.1. The summed E-state index contributed by atoms with van der Waals surface area (Å²) in [4.78, 5) is 16.2. The average Bonchev–Trinajstić information content (AvgIpc) is 2.79. The van der Waals surface area contributed by atoms with Crippen molar-refractivity contribution in [2.75, 3.05) is 0 Å². The van der Waals surface area contributed by atoms with E-state index < -0.39 is 0 Å². The first kappa shape index (κ1) is 13.6. The number of benzene rings is 1. The van der Waals surface area contributed by atoms with Gasteiger partial charge in [-0.2, -0.15) is 0 Å². The van der Waals surface area contributed by atoms with Crippen LogP contribution in [0.15, 0.2) is 30.6 Å². The lowest BCUT2D eigenvalue weighted by Crippen LogP contribution is -2.36. The van der Waals surface area contributed by atoms with E-state index in [4.69, 9.17) is 0 Å². The van der Waals surface area contributed by atoms with E-state index in [2.05, 4.69) is 24.1 Å². The summed E-state index contributed by atoms with van der Waals surface area (Å²) in [5.74, 6) is 0.553. The quantitative estimate of drug-likeness (QED) is 0.897. The van der Waals surface area contributed by atoms with Gasteiger partial charge in [0.2, 0.25) is 5.91 Å². The van der Waals surface area contributed by atoms with Gasteiger partial charge in [-0.1, -0.05) is 26.0 Å². The Morgan fingerprint density at radius 2 is 2.05 bits per heavy atom. The lowest BCUT2D eigenvalue weighted by Gasteiger charge is -2.17. The molecule has 1 heterocycles. The standard InChI is InChI=1S/C15H21N3O/c1-11(2)12(3)17-15(19)8-9-18-10-16-13-6-4-5-7-14(13)18/h4-7,10-12H,8-9H2,1-3H3,(H,17,19)/t12-/m1/s1. The molecule has 1 aromatic heterocycles. The maximum absolute atomic E-state index is 11.8. The average molecular weight is 259 g/mol. The van der Waals surface area contributed by atoms with Crippen LogP contribution in [0.4, 0.5) is 0 Å². The van der Waals surface area contributed by atoms with Crippen LogP contribution in [0, 0.1) is 5.92 Å². The molecule has 0 aliphatic carbocycles. The monoisotopic (exact) mass is 259 g/mol. The van der Waals surface area contributed by atoms with Gasteiger partial charge in [0, 0.05) is 19.0 Å². The van der Waals surface area contributed by atoms with Gasteiger partial charge in [0.25, 0.3) is 0 Å². The van der Waals surface area contributed by atoms with Crippen LogP contribution in [-0.2, 0) is 11.3 Å². The number of carbonyl (C=O) groups is 1. The third-order valence-electron chi connectivity index (χ3n) is 3.50. The van der Waals surface area contributed by atoms with Gasteiger partial charge in [-0.25, -0.2) is 4.98 Å². The summed E-state index contributed by atoms with van der Waals surface area (Å²) in [7, 11) is 0. The number of hydrogen-bond donors (Lipinski definition) is 1. The molecule has 1 atom stereocenters. The van der Waals surface area contributed by atoms with Gasteiger partial charge >= 0.3 is 0 Å². The molecule has 0 aliphatic rings. The molecule has 1 amide bonds. The first-order valence-corrected chi connectivity index (χ1v) is 6.77. The SMILES string of the molecule is CC(C)[C@@H](C)NC(=O)CCn1cnc2ccccc21. The fraction of sp³-hybridized carbons (Fsp3) is 0.467. The Hall–Kier alpha value is -1.84. The van der Waals surface area contributed by atoms with Crippen LogP contribution in [0.2, 0.25) is 0 Å². The molecule has 4 heteroatoms. The fourth-order valence-corrected chi connectivity index (χ4v) is 1.90. The Labute approximate surface area is 113 Å². The summed E-state index contributed by atoms with van der Waals surface area (Å²) in [5.41, 5.74) is 2.05. The number of aryl methyl sites for hydroxylation is 1. The molecule has 1 N–H and O–H groups in total. The van der Waals surface area contributed by atoms with E-state index in [1.54, 1.807) is 6.33 Å². The van der Waals surface area contributed by atoms with Gasteiger partial charge in [0.05, 0.1) is 17.4 Å². The molecular formula is C15H21N3O. The summed E-state index contributed by atoms with van der Waals surface area (Å²) in [6.07, 6.45) is 2.28. The molecule has 102 valence electrons. The number of nitrogens with zero attached hydrogens (tertiary/aromatic N) is 2. The molecule has 0 radical (unpaired) electrons. The maximum Gasteiger partial charge on any atom is 0.222 e. The summed E-state index contributed by atoms with van der Waals surface area (Å²) < 4.78 is 2.02. The van der Waals surface area contributed by atoms with Crippen LogP contribution in [0.25, 0.3) is 11.0 Å². The van der Waals surface area contributed by atoms with E-state index >= 15 is 0 Å². The minimum absolute atomic E-state index is 0.0963. The Morgan fingerprint density at radius 1 is 1.32 bits per heavy atom. The third-order valence-corrected chi connectivity index (χ3v) is 3.50. The van der Waals surface area contributed by atoms with Gasteiger partial charge in [0.1, 0.15) is 0 Å². The second-order valence-corrected chi connectivity index (χ2v) is 5.28. The van der Waals surface area contributed by atoms with Crippen molar-refractivity contribution in [2.45, 2.75) is 39.8 Å². The van der Waals surface area contributed by atoms with Crippen LogP contribution < -0.4 is 5.32 Å². The molecule has 19 heavy (non-hydrogen) atoms. The Balaban J connectivity index is 1.94. The largest absolute Gasteiger partial charge is 0.353 e. The molecule has 0 aliphatic heterocycles. The van der Waals surface area contributed by atoms with Crippen molar-refractivity contribution in [1.82, 2.24) is 14.9 Å². The number of imidazole rings is 1. The lowest BCUT2D eigenvalue weighted by atomic mass is 10.1. The van der Waals surface area contributed by atoms with Gasteiger partial charge in [-0.15, -0.1) is 0 Å². The zero-order valence-corrected chi connectivity index (χ0v) is 11.8. The van der Waals surface area contributed by atoms with E-state index in [0.717, 1.165) is 11.0 Å². The van der Waals surface area contributed by atoms with Crippen LogP contribution in [0.1, 0.15) is 27.2 Å². The second kappa shape index (κ2) is 5.87. The van der Waals surface area contributed by atoms with Crippen molar-refractivity contribution in [3.63, 3.8) is 0 Å². The number of fused-ring (bicyclic) bond motifs is 1. The van der Waals surface area contributed by atoms with E-state index in [0.29, 0.717) is 18.9 Å². The number of carbonyl (C=O) groups excluding carboxylic acids is 1. The highest BCUT2D eigenvalue weighted by Gasteiger charge is 2.11. The van der Waals surface area contributed by atoms with E-state index in [1.165, 1.54) is 0 Å². The van der Waals surface area contributed by atoms with Gasteiger partial charge in [0.15, 0.2) is 0 Å². The molecule has 0 spiro atoms. The molecule has 0 fully saturated rings. The zero-order valence-electron chi connectivity index (χ0n) is 11.8. The number of nitrogens with one attached hydrogen (secondary N) is 1. The lowest BCUT2D eigenvalue weighted by molar-refractivity contribution is -0.122. The minimum atomic E-state index is 0.0963. The molecule has 4 nitrogen and oxygen atoms in total. The number of aromatic nitrogens is 2. The van der Waals surface area contributed by atoms with Gasteiger partial charge in [-0.05, 0) is 25.0 Å². The predicted molar refractivity (Wildman–Crippen MR) is 76.8 cm³/mol. The molecular weight excluding hydrogens is 238 g/mol. The highest BCUT2D eigenvalue weighted by molar-refractivity contribution is 5.77. The third kappa shape index (κ3) is 3.34. The van der Waals surface area contributed by atoms with Crippen molar-refractivity contribution in [3.05, 3.63) is 30.6 Å². The smallest absolute Gasteiger partial charge is 0.222 e. The second-order valence-electron chi connectivity index (χ2n) is 5.28. The molecule has 1 aromatic carbocycles. The van der Waals surface area contributed by atoms with Crippen molar-refractivity contribution >= 4 is 16.9 Å². The van der Waals surface area contributed by atoms with Gasteiger partial charge in [-0.3, -0.25) is 4.79 Å². The van der Waals surface area contributed by atoms with Crippen LogP contribution in [-0.4, -0.2) is 21.5 Å². The molecule has 0 bridgehead atoms. The molecule has 0 unspecified atom stereocenters. The van der Waals surface area contributed by atoms with E-state index in [9.17, 15) is 4.79 Å². The van der Waals surface area contributed by atoms with Crippen molar-refractivity contribution in [3.8, 4) is 0 Å². The zero-order chi connectivity index (χ0) is 13.8. The summed E-state index contributed by atoms with van der Waals surface area (Å²) >= 11 is 0. The normalized spacial score (nSPS) is 12.8. The Kier molecular flexibility index (Phi) is 4.20. The predicted octanol–water partition coefficient (Wildman–Crippen LogP) is 2.59. The van der Waals surface area contributed by atoms with Crippen LogP contribution >= 0.6 is 0 Å². The number of para-hydroxylation sites is 2. The fourth-order valence-electron chi connectivity index (χ4n) is 1.90. The van der Waals surface area contributed by atoms with Crippen LogP contribution in [0.3, 0.4) is 0 Å². The highest BCUT2D eigenvalue weighted by Crippen LogP contribution is 2.12.